The molecule has 1 saturated carbocycles. The van der Waals surface area contributed by atoms with Gasteiger partial charge in [-0.3, -0.25) is 4.79 Å². The number of hydrogen-bond acceptors (Lipinski definition) is 3. The minimum absolute atomic E-state index is 0.0172. The first kappa shape index (κ1) is 21.0. The van der Waals surface area contributed by atoms with Gasteiger partial charge in [-0.1, -0.05) is 24.3 Å². The molecule has 2 aromatic rings. The maximum atomic E-state index is 12.8. The summed E-state index contributed by atoms with van der Waals surface area (Å²) in [6.07, 6.45) is -0.490. The number of carbonyl (C=O) groups excluding carboxylic acids is 1. The van der Waals surface area contributed by atoms with E-state index in [1.54, 1.807) is 0 Å². The maximum Gasteiger partial charge on any atom is 0.416 e. The Morgan fingerprint density at radius 1 is 1.00 bits per heavy atom. The van der Waals surface area contributed by atoms with E-state index >= 15 is 0 Å². The minimum atomic E-state index is -4.33. The number of rotatable bonds is 6. The first-order valence-electron chi connectivity index (χ1n) is 10.2. The van der Waals surface area contributed by atoms with Crippen molar-refractivity contribution in [3.63, 3.8) is 0 Å². The van der Waals surface area contributed by atoms with E-state index in [-0.39, 0.29) is 17.5 Å². The maximum absolute atomic E-state index is 12.8. The highest BCUT2D eigenvalue weighted by molar-refractivity contribution is 7.99. The molecule has 158 valence electrons. The van der Waals surface area contributed by atoms with E-state index in [1.165, 1.54) is 23.9 Å². The van der Waals surface area contributed by atoms with Gasteiger partial charge in [0.1, 0.15) is 5.76 Å². The molecular weight excluding hydrogens is 409 g/mol. The SMILES string of the molecule is O=C1CC(CCSc2ccc(C(F)(F)F)cc2)CC(O)=C1c1ccccc1C1CC1. The Balaban J connectivity index is 1.37. The number of allylic oxidation sites excluding steroid dienone is 2. The molecule has 2 aliphatic carbocycles. The van der Waals surface area contributed by atoms with E-state index in [4.69, 9.17) is 0 Å². The number of hydrogen-bond donors (Lipinski definition) is 1. The quantitative estimate of drug-likeness (QED) is 0.499. The largest absolute Gasteiger partial charge is 0.512 e. The fourth-order valence-electron chi connectivity index (χ4n) is 4.04. The summed E-state index contributed by atoms with van der Waals surface area (Å²) in [5.74, 6) is 1.38. The molecule has 0 amide bonds. The molecule has 2 nitrogen and oxygen atoms in total. The van der Waals surface area contributed by atoms with E-state index in [1.807, 2.05) is 24.3 Å². The van der Waals surface area contributed by atoms with Gasteiger partial charge in [0.05, 0.1) is 11.1 Å². The molecule has 6 heteroatoms. The van der Waals surface area contributed by atoms with Crippen molar-refractivity contribution in [1.29, 1.82) is 0 Å². The number of halogens is 3. The lowest BCUT2D eigenvalue weighted by Gasteiger charge is -2.24. The van der Waals surface area contributed by atoms with Crippen molar-refractivity contribution in [1.82, 2.24) is 0 Å². The third-order valence-corrected chi connectivity index (χ3v) is 6.79. The first-order chi connectivity index (χ1) is 14.3. The molecule has 1 atom stereocenters. The van der Waals surface area contributed by atoms with Gasteiger partial charge in [0.15, 0.2) is 5.78 Å². The standard InChI is InChI=1S/C24H23F3O2S/c25-24(26,27)17-7-9-18(10-8-17)30-12-11-15-13-21(28)23(22(29)14-15)20-4-2-1-3-19(20)16-5-6-16/h1-4,7-10,15-16,28H,5-6,11-14H2. The highest BCUT2D eigenvalue weighted by atomic mass is 32.2. The van der Waals surface area contributed by atoms with Crippen LogP contribution in [-0.2, 0) is 11.0 Å². The van der Waals surface area contributed by atoms with Crippen LogP contribution in [0.5, 0.6) is 0 Å². The summed E-state index contributed by atoms with van der Waals surface area (Å²) < 4.78 is 37.9. The van der Waals surface area contributed by atoms with E-state index in [0.29, 0.717) is 30.1 Å². The van der Waals surface area contributed by atoms with Crippen LogP contribution in [0.2, 0.25) is 0 Å². The van der Waals surface area contributed by atoms with Gasteiger partial charge in [-0.25, -0.2) is 0 Å². The fourth-order valence-corrected chi connectivity index (χ4v) is 5.06. The van der Waals surface area contributed by atoms with Crippen LogP contribution in [0.4, 0.5) is 13.2 Å². The molecule has 4 rings (SSSR count). The molecule has 1 unspecified atom stereocenters. The molecule has 0 radical (unpaired) electrons. The Morgan fingerprint density at radius 2 is 1.70 bits per heavy atom. The van der Waals surface area contributed by atoms with E-state index < -0.39 is 11.7 Å². The lowest BCUT2D eigenvalue weighted by Crippen LogP contribution is -2.20. The van der Waals surface area contributed by atoms with Crippen LogP contribution in [0.25, 0.3) is 5.57 Å². The molecule has 2 aliphatic rings. The monoisotopic (exact) mass is 432 g/mol. The number of thioether (sulfide) groups is 1. The van der Waals surface area contributed by atoms with Crippen LogP contribution < -0.4 is 0 Å². The lowest BCUT2D eigenvalue weighted by molar-refractivity contribution is -0.137. The topological polar surface area (TPSA) is 37.3 Å². The summed E-state index contributed by atoms with van der Waals surface area (Å²) in [4.78, 5) is 13.6. The van der Waals surface area contributed by atoms with Crippen molar-refractivity contribution in [2.45, 2.75) is 49.1 Å². The minimum Gasteiger partial charge on any atom is -0.512 e. The van der Waals surface area contributed by atoms with Crippen LogP contribution in [-0.4, -0.2) is 16.6 Å². The van der Waals surface area contributed by atoms with Crippen LogP contribution in [0.15, 0.2) is 59.2 Å². The molecule has 0 bridgehead atoms. The molecule has 2 aromatic carbocycles. The van der Waals surface area contributed by atoms with Gasteiger partial charge in [0.25, 0.3) is 0 Å². The second-order valence-corrected chi connectivity index (χ2v) is 9.21. The van der Waals surface area contributed by atoms with Crippen LogP contribution in [0, 0.1) is 5.92 Å². The molecule has 0 spiro atoms. The highest BCUT2D eigenvalue weighted by Crippen LogP contribution is 2.45. The summed E-state index contributed by atoms with van der Waals surface area (Å²) in [5, 5.41) is 10.7. The molecular formula is C24H23F3O2S. The predicted molar refractivity (Wildman–Crippen MR) is 112 cm³/mol. The van der Waals surface area contributed by atoms with Crippen molar-refractivity contribution in [2.24, 2.45) is 5.92 Å². The molecule has 1 N–H and O–H groups in total. The van der Waals surface area contributed by atoms with Crippen LogP contribution in [0.1, 0.15) is 54.7 Å². The van der Waals surface area contributed by atoms with Crippen molar-refractivity contribution in [2.75, 3.05) is 5.75 Å². The summed E-state index contributed by atoms with van der Waals surface area (Å²) in [7, 11) is 0. The number of aliphatic hydroxyl groups excluding tert-OH is 1. The zero-order chi connectivity index (χ0) is 21.3. The molecule has 0 aliphatic heterocycles. The van der Waals surface area contributed by atoms with Crippen LogP contribution in [0.3, 0.4) is 0 Å². The number of aliphatic hydroxyl groups is 1. The zero-order valence-corrected chi connectivity index (χ0v) is 17.2. The summed E-state index contributed by atoms with van der Waals surface area (Å²) in [6.45, 7) is 0. The Kier molecular flexibility index (Phi) is 5.96. The lowest BCUT2D eigenvalue weighted by atomic mass is 9.81. The summed E-state index contributed by atoms with van der Waals surface area (Å²) in [6, 6.07) is 13.0. The number of ketones is 1. The molecule has 30 heavy (non-hydrogen) atoms. The van der Waals surface area contributed by atoms with Gasteiger partial charge in [-0.05, 0) is 72.2 Å². The number of benzene rings is 2. The summed E-state index contributed by atoms with van der Waals surface area (Å²) >= 11 is 1.47. The molecule has 0 heterocycles. The van der Waals surface area contributed by atoms with Crippen LogP contribution >= 0.6 is 11.8 Å². The fraction of sp³-hybridized carbons (Fsp3) is 0.375. The van der Waals surface area contributed by atoms with Crippen molar-refractivity contribution < 1.29 is 23.1 Å². The number of alkyl halides is 3. The Hall–Kier alpha value is -2.21. The third kappa shape index (κ3) is 4.75. The Morgan fingerprint density at radius 3 is 2.33 bits per heavy atom. The van der Waals surface area contributed by atoms with E-state index in [2.05, 4.69) is 0 Å². The molecule has 1 fully saturated rings. The Labute approximate surface area is 178 Å². The highest BCUT2D eigenvalue weighted by Gasteiger charge is 2.33. The summed E-state index contributed by atoms with van der Waals surface area (Å²) in [5.41, 5.74) is 1.85. The molecule has 0 aromatic heterocycles. The Bertz CT molecular complexity index is 959. The second-order valence-electron chi connectivity index (χ2n) is 8.04. The van der Waals surface area contributed by atoms with E-state index in [0.717, 1.165) is 47.4 Å². The van der Waals surface area contributed by atoms with Crippen molar-refractivity contribution >= 4 is 23.1 Å². The smallest absolute Gasteiger partial charge is 0.416 e. The zero-order valence-electron chi connectivity index (χ0n) is 16.4. The van der Waals surface area contributed by atoms with Gasteiger partial charge < -0.3 is 5.11 Å². The van der Waals surface area contributed by atoms with Gasteiger partial charge in [-0.2, -0.15) is 13.2 Å². The first-order valence-corrected chi connectivity index (χ1v) is 11.2. The molecule has 0 saturated heterocycles. The third-order valence-electron chi connectivity index (χ3n) is 5.75. The second kappa shape index (κ2) is 8.50. The normalized spacial score (nSPS) is 20.0. The van der Waals surface area contributed by atoms with Gasteiger partial charge in [0.2, 0.25) is 0 Å². The number of Topliss-reactive ketones (excluding diaryl/α,β-unsaturated/α-hetero) is 1. The van der Waals surface area contributed by atoms with Crippen molar-refractivity contribution in [3.8, 4) is 0 Å². The number of carbonyl (C=O) groups is 1. The van der Waals surface area contributed by atoms with Gasteiger partial charge >= 0.3 is 6.18 Å². The average Bonchev–Trinajstić information content (AvgIpc) is 3.53. The average molecular weight is 433 g/mol. The van der Waals surface area contributed by atoms with E-state index in [9.17, 15) is 23.1 Å². The van der Waals surface area contributed by atoms with Gasteiger partial charge in [-0.15, -0.1) is 11.8 Å². The van der Waals surface area contributed by atoms with Gasteiger partial charge in [0, 0.05) is 17.7 Å². The predicted octanol–water partition coefficient (Wildman–Crippen LogP) is 7.01. The van der Waals surface area contributed by atoms with Crippen molar-refractivity contribution in [3.05, 3.63) is 71.0 Å².